The third-order valence-corrected chi connectivity index (χ3v) is 5.87. The van der Waals surface area contributed by atoms with Gasteiger partial charge in [-0.2, -0.15) is 0 Å². The van der Waals surface area contributed by atoms with Crippen LogP contribution in [-0.2, 0) is 12.8 Å². The van der Waals surface area contributed by atoms with Crippen LogP contribution in [0.2, 0.25) is 0 Å². The van der Waals surface area contributed by atoms with Gasteiger partial charge in [-0.05, 0) is 38.0 Å². The summed E-state index contributed by atoms with van der Waals surface area (Å²) < 4.78 is 0. The standard InChI is InChI=1S/C17H25N3OS/c1-3-15-12(2)22-16(19-15)8-9-18-17(21)20-10-13-6-4-5-7-14(13)11-20/h4-5,13-14H,3,6-11H2,1-2H3,(H,18,21)/t13-,14+. The number of fused-ring (bicyclic) bond motifs is 1. The van der Waals surface area contributed by atoms with E-state index in [-0.39, 0.29) is 6.03 Å². The minimum atomic E-state index is 0.0957. The number of hydrogen-bond donors (Lipinski definition) is 1. The van der Waals surface area contributed by atoms with Crippen LogP contribution in [0.25, 0.3) is 0 Å². The average Bonchev–Trinajstić information content (AvgIpc) is 3.10. The lowest BCUT2D eigenvalue weighted by molar-refractivity contribution is 0.206. The maximum absolute atomic E-state index is 12.3. The number of nitrogens with zero attached hydrogens (tertiary/aromatic N) is 2. The van der Waals surface area contributed by atoms with Gasteiger partial charge < -0.3 is 10.2 Å². The second kappa shape index (κ2) is 6.82. The minimum absolute atomic E-state index is 0.0957. The monoisotopic (exact) mass is 319 g/mol. The molecule has 1 saturated heterocycles. The number of aromatic nitrogens is 1. The first-order chi connectivity index (χ1) is 10.7. The number of thiazole rings is 1. The summed E-state index contributed by atoms with van der Waals surface area (Å²) in [6, 6.07) is 0.0957. The Kier molecular flexibility index (Phi) is 4.81. The Balaban J connectivity index is 1.44. The Bertz CT molecular complexity index is 550. The molecule has 2 heterocycles. The normalized spacial score (nSPS) is 23.6. The van der Waals surface area contributed by atoms with E-state index in [9.17, 15) is 4.79 Å². The van der Waals surface area contributed by atoms with E-state index < -0.39 is 0 Å². The average molecular weight is 319 g/mol. The van der Waals surface area contributed by atoms with E-state index in [2.05, 4.69) is 36.3 Å². The van der Waals surface area contributed by atoms with Crippen molar-refractivity contribution >= 4 is 17.4 Å². The molecule has 0 spiro atoms. The largest absolute Gasteiger partial charge is 0.338 e. The maximum Gasteiger partial charge on any atom is 0.317 e. The molecule has 2 amide bonds. The highest BCUT2D eigenvalue weighted by atomic mass is 32.1. The molecule has 120 valence electrons. The Morgan fingerprint density at radius 1 is 1.36 bits per heavy atom. The third kappa shape index (κ3) is 3.35. The van der Waals surface area contributed by atoms with E-state index in [1.54, 1.807) is 11.3 Å². The lowest BCUT2D eigenvalue weighted by atomic mass is 9.86. The van der Waals surface area contributed by atoms with Gasteiger partial charge >= 0.3 is 6.03 Å². The zero-order valence-electron chi connectivity index (χ0n) is 13.5. The molecule has 5 heteroatoms. The Hall–Kier alpha value is -1.36. The fraction of sp³-hybridized carbons (Fsp3) is 0.647. The van der Waals surface area contributed by atoms with Crippen LogP contribution < -0.4 is 5.32 Å². The number of likely N-dealkylation sites (tertiary alicyclic amines) is 1. The first-order valence-electron chi connectivity index (χ1n) is 8.30. The van der Waals surface area contributed by atoms with E-state index in [4.69, 9.17) is 0 Å². The zero-order valence-corrected chi connectivity index (χ0v) is 14.3. The van der Waals surface area contributed by atoms with Crippen LogP contribution in [0.1, 0.15) is 35.3 Å². The van der Waals surface area contributed by atoms with Crippen molar-refractivity contribution in [3.63, 3.8) is 0 Å². The topological polar surface area (TPSA) is 45.2 Å². The number of carbonyl (C=O) groups excluding carboxylic acids is 1. The molecule has 0 aromatic carbocycles. The van der Waals surface area contributed by atoms with E-state index in [0.29, 0.717) is 18.4 Å². The number of rotatable bonds is 4. The smallest absolute Gasteiger partial charge is 0.317 e. The van der Waals surface area contributed by atoms with Crippen LogP contribution in [0, 0.1) is 18.8 Å². The summed E-state index contributed by atoms with van der Waals surface area (Å²) >= 11 is 1.75. The molecule has 0 radical (unpaired) electrons. The van der Waals surface area contributed by atoms with E-state index in [1.165, 1.54) is 10.6 Å². The van der Waals surface area contributed by atoms with Crippen LogP contribution in [0.3, 0.4) is 0 Å². The lowest BCUT2D eigenvalue weighted by Gasteiger charge is -2.17. The molecule has 3 rings (SSSR count). The molecule has 1 aromatic heterocycles. The first-order valence-corrected chi connectivity index (χ1v) is 9.12. The molecule has 1 aromatic rings. The molecule has 1 aliphatic carbocycles. The van der Waals surface area contributed by atoms with Gasteiger partial charge in [-0.15, -0.1) is 11.3 Å². The summed E-state index contributed by atoms with van der Waals surface area (Å²) in [6.45, 7) is 6.77. The van der Waals surface area contributed by atoms with Crippen LogP contribution in [0.4, 0.5) is 4.79 Å². The Morgan fingerprint density at radius 2 is 2.05 bits per heavy atom. The minimum Gasteiger partial charge on any atom is -0.338 e. The van der Waals surface area contributed by atoms with E-state index >= 15 is 0 Å². The Morgan fingerprint density at radius 3 is 2.64 bits per heavy atom. The lowest BCUT2D eigenvalue weighted by Crippen LogP contribution is -2.39. The SMILES string of the molecule is CCc1nc(CCNC(=O)N2C[C@H]3CC=CC[C@H]3C2)sc1C. The van der Waals surface area contributed by atoms with Crippen LogP contribution in [-0.4, -0.2) is 35.5 Å². The first kappa shape index (κ1) is 15.5. The quantitative estimate of drug-likeness (QED) is 0.867. The molecule has 0 saturated carbocycles. The second-order valence-electron chi connectivity index (χ2n) is 6.31. The van der Waals surface area contributed by atoms with Crippen molar-refractivity contribution in [1.82, 2.24) is 15.2 Å². The Labute approximate surface area is 136 Å². The van der Waals surface area contributed by atoms with Crippen molar-refractivity contribution in [1.29, 1.82) is 0 Å². The number of carbonyl (C=O) groups is 1. The predicted molar refractivity (Wildman–Crippen MR) is 90.3 cm³/mol. The van der Waals surface area contributed by atoms with E-state index in [0.717, 1.165) is 43.8 Å². The molecule has 0 bridgehead atoms. The van der Waals surface area contributed by atoms with Crippen LogP contribution in [0.15, 0.2) is 12.2 Å². The van der Waals surface area contributed by atoms with E-state index in [1.807, 2.05) is 4.90 Å². The summed E-state index contributed by atoms with van der Waals surface area (Å²) in [7, 11) is 0. The van der Waals surface area contributed by atoms with Crippen molar-refractivity contribution in [3.05, 3.63) is 27.7 Å². The molecule has 2 aliphatic rings. The number of nitrogens with one attached hydrogen (secondary N) is 1. The van der Waals surface area contributed by atoms with Crippen molar-refractivity contribution in [2.24, 2.45) is 11.8 Å². The van der Waals surface area contributed by atoms with Gasteiger partial charge in [-0.3, -0.25) is 0 Å². The van der Waals surface area contributed by atoms with Gasteiger partial charge in [0, 0.05) is 30.9 Å². The van der Waals surface area contributed by atoms with Gasteiger partial charge in [0.05, 0.1) is 10.7 Å². The summed E-state index contributed by atoms with van der Waals surface area (Å²) in [5.41, 5.74) is 1.20. The van der Waals surface area contributed by atoms with Gasteiger partial charge in [0.1, 0.15) is 0 Å². The van der Waals surface area contributed by atoms with Gasteiger partial charge in [-0.25, -0.2) is 9.78 Å². The highest BCUT2D eigenvalue weighted by Crippen LogP contribution is 2.32. The molecule has 1 fully saturated rings. The van der Waals surface area contributed by atoms with Gasteiger partial charge in [0.15, 0.2) is 0 Å². The molecule has 1 aliphatic heterocycles. The van der Waals surface area contributed by atoms with Crippen molar-refractivity contribution < 1.29 is 4.79 Å². The molecule has 2 atom stereocenters. The number of urea groups is 1. The van der Waals surface area contributed by atoms with Gasteiger partial charge in [0.25, 0.3) is 0 Å². The zero-order chi connectivity index (χ0) is 15.5. The molecule has 0 unspecified atom stereocenters. The highest BCUT2D eigenvalue weighted by Gasteiger charge is 2.34. The summed E-state index contributed by atoms with van der Waals surface area (Å²) in [5.74, 6) is 1.34. The van der Waals surface area contributed by atoms with Gasteiger partial charge in [-0.1, -0.05) is 19.1 Å². The van der Waals surface area contributed by atoms with Crippen molar-refractivity contribution in [2.45, 2.75) is 39.5 Å². The van der Waals surface area contributed by atoms with Crippen LogP contribution in [0.5, 0.6) is 0 Å². The molecule has 22 heavy (non-hydrogen) atoms. The second-order valence-corrected chi connectivity index (χ2v) is 7.60. The molecule has 4 nitrogen and oxygen atoms in total. The van der Waals surface area contributed by atoms with Crippen molar-refractivity contribution in [2.75, 3.05) is 19.6 Å². The summed E-state index contributed by atoms with van der Waals surface area (Å²) in [4.78, 5) is 20.2. The molecular weight excluding hydrogens is 294 g/mol. The number of hydrogen-bond acceptors (Lipinski definition) is 3. The molecule has 1 N–H and O–H groups in total. The maximum atomic E-state index is 12.3. The fourth-order valence-electron chi connectivity index (χ4n) is 3.49. The number of allylic oxidation sites excluding steroid dienone is 2. The summed E-state index contributed by atoms with van der Waals surface area (Å²) in [5, 5.41) is 4.20. The van der Waals surface area contributed by atoms with Crippen molar-refractivity contribution in [3.8, 4) is 0 Å². The third-order valence-electron chi connectivity index (χ3n) is 4.79. The predicted octanol–water partition coefficient (Wildman–Crippen LogP) is 3.16. The number of aryl methyl sites for hydroxylation is 2. The van der Waals surface area contributed by atoms with Crippen LogP contribution >= 0.6 is 11.3 Å². The molecular formula is C17H25N3OS. The van der Waals surface area contributed by atoms with Gasteiger partial charge in [0.2, 0.25) is 0 Å². The summed E-state index contributed by atoms with van der Waals surface area (Å²) in [6.07, 6.45) is 8.61. The highest BCUT2D eigenvalue weighted by molar-refractivity contribution is 7.11. The fourth-order valence-corrected chi connectivity index (χ4v) is 4.51. The number of amides is 2.